The molecule has 1 unspecified atom stereocenters. The van der Waals surface area contributed by atoms with Crippen LogP contribution < -0.4 is 0 Å². The van der Waals surface area contributed by atoms with Gasteiger partial charge in [0, 0.05) is 4.75 Å². The summed E-state index contributed by atoms with van der Waals surface area (Å²) in [6.07, 6.45) is 11.0. The second-order valence-corrected chi connectivity index (χ2v) is 5.99. The van der Waals surface area contributed by atoms with Crippen LogP contribution in [0.4, 0.5) is 0 Å². The quantitative estimate of drug-likeness (QED) is 0.449. The van der Waals surface area contributed by atoms with Crippen molar-refractivity contribution < 1.29 is 0 Å². The van der Waals surface area contributed by atoms with E-state index in [2.05, 4.69) is 59.1 Å². The first kappa shape index (κ1) is 15.6. The lowest BCUT2D eigenvalue weighted by Gasteiger charge is -2.17. The van der Waals surface area contributed by atoms with Gasteiger partial charge in [-0.3, -0.25) is 0 Å². The zero-order valence-corrected chi connectivity index (χ0v) is 12.1. The van der Waals surface area contributed by atoms with Crippen molar-refractivity contribution in [2.45, 2.75) is 58.1 Å². The molecule has 0 aromatic rings. The van der Waals surface area contributed by atoms with Gasteiger partial charge in [0.25, 0.3) is 0 Å². The normalized spacial score (nSPS) is 15.4. The predicted octanol–water partition coefficient (Wildman–Crippen LogP) is 5.33. The van der Waals surface area contributed by atoms with E-state index in [1.807, 2.05) is 6.08 Å². The number of hydrogen-bond acceptors (Lipinski definition) is 1. The van der Waals surface area contributed by atoms with Crippen LogP contribution in [0.5, 0.6) is 0 Å². The summed E-state index contributed by atoms with van der Waals surface area (Å²) in [5, 5.41) is 0. The zero-order chi connectivity index (χ0) is 12.6. The zero-order valence-electron chi connectivity index (χ0n) is 11.2. The van der Waals surface area contributed by atoms with Crippen LogP contribution in [-0.2, 0) is 0 Å². The maximum atomic E-state index is 4.53. The molecule has 0 fully saturated rings. The Morgan fingerprint density at radius 1 is 1.19 bits per heavy atom. The fourth-order valence-corrected chi connectivity index (χ4v) is 1.53. The summed E-state index contributed by atoms with van der Waals surface area (Å²) < 4.78 is -0.0311. The van der Waals surface area contributed by atoms with E-state index in [1.54, 1.807) is 0 Å². The Labute approximate surface area is 107 Å². The van der Waals surface area contributed by atoms with Crippen LogP contribution in [-0.4, -0.2) is 4.75 Å². The van der Waals surface area contributed by atoms with Crippen LogP contribution in [0.2, 0.25) is 0 Å². The number of rotatable bonds is 7. The molecule has 0 amide bonds. The van der Waals surface area contributed by atoms with Crippen LogP contribution in [0.3, 0.4) is 0 Å². The van der Waals surface area contributed by atoms with E-state index >= 15 is 0 Å². The molecule has 16 heavy (non-hydrogen) atoms. The molecule has 1 heteroatoms. The van der Waals surface area contributed by atoms with E-state index in [0.717, 1.165) is 19.3 Å². The van der Waals surface area contributed by atoms with Gasteiger partial charge in [-0.1, -0.05) is 29.4 Å². The van der Waals surface area contributed by atoms with Crippen LogP contribution in [0, 0.1) is 0 Å². The van der Waals surface area contributed by atoms with Crippen molar-refractivity contribution in [2.75, 3.05) is 0 Å². The molecule has 0 bridgehead atoms. The van der Waals surface area contributed by atoms with Gasteiger partial charge in [-0.25, -0.2) is 0 Å². The third kappa shape index (κ3) is 8.84. The molecular weight excluding hydrogens is 212 g/mol. The van der Waals surface area contributed by atoms with E-state index in [9.17, 15) is 0 Å². The Morgan fingerprint density at radius 2 is 1.81 bits per heavy atom. The number of thiol groups is 1. The number of allylic oxidation sites excluding steroid dienone is 4. The van der Waals surface area contributed by atoms with Crippen LogP contribution in [0.15, 0.2) is 36.0 Å². The summed E-state index contributed by atoms with van der Waals surface area (Å²) in [6.45, 7) is 12.4. The fourth-order valence-electron chi connectivity index (χ4n) is 1.40. The lowest BCUT2D eigenvalue weighted by atomic mass is 10.0. The van der Waals surface area contributed by atoms with Crippen LogP contribution in [0.25, 0.3) is 0 Å². The molecule has 0 saturated carbocycles. The highest BCUT2D eigenvalue weighted by Gasteiger charge is 2.11. The smallest absolute Gasteiger partial charge is 0.0280 e. The highest BCUT2D eigenvalue weighted by atomic mass is 32.1. The van der Waals surface area contributed by atoms with Crippen molar-refractivity contribution in [1.29, 1.82) is 0 Å². The molecule has 0 aliphatic carbocycles. The lowest BCUT2D eigenvalue weighted by molar-refractivity contribution is 0.711. The van der Waals surface area contributed by atoms with Gasteiger partial charge >= 0.3 is 0 Å². The van der Waals surface area contributed by atoms with Gasteiger partial charge in [-0.15, -0.1) is 6.58 Å². The molecule has 0 aliphatic heterocycles. The van der Waals surface area contributed by atoms with Gasteiger partial charge in [0.15, 0.2) is 0 Å². The molecule has 0 N–H and O–H groups in total. The Morgan fingerprint density at radius 3 is 2.31 bits per heavy atom. The van der Waals surface area contributed by atoms with Crippen molar-refractivity contribution >= 4 is 12.6 Å². The third-order valence-corrected chi connectivity index (χ3v) is 3.08. The summed E-state index contributed by atoms with van der Waals surface area (Å²) >= 11 is 4.53. The van der Waals surface area contributed by atoms with Gasteiger partial charge < -0.3 is 0 Å². The first-order chi connectivity index (χ1) is 7.37. The number of hydrogen-bond donors (Lipinski definition) is 1. The van der Waals surface area contributed by atoms with Gasteiger partial charge in [0.05, 0.1) is 0 Å². The van der Waals surface area contributed by atoms with Crippen LogP contribution >= 0.6 is 12.6 Å². The molecule has 0 heterocycles. The fraction of sp³-hybridized carbons (Fsp3) is 0.600. The van der Waals surface area contributed by atoms with Crippen molar-refractivity contribution in [1.82, 2.24) is 0 Å². The molecule has 92 valence electrons. The molecular formula is C15H26S. The topological polar surface area (TPSA) is 0 Å². The van der Waals surface area contributed by atoms with E-state index < -0.39 is 0 Å². The maximum absolute atomic E-state index is 4.53. The molecule has 0 aromatic carbocycles. The first-order valence-corrected chi connectivity index (χ1v) is 6.47. The monoisotopic (exact) mass is 238 g/mol. The Kier molecular flexibility index (Phi) is 7.57. The van der Waals surface area contributed by atoms with Crippen molar-refractivity contribution in [3.8, 4) is 0 Å². The SMILES string of the molecule is C=CC(C)(S)CC/C=C(\C)CCC=C(C)C. The first-order valence-electron chi connectivity index (χ1n) is 6.02. The summed E-state index contributed by atoms with van der Waals surface area (Å²) in [5.74, 6) is 0. The minimum Gasteiger partial charge on any atom is -0.169 e. The predicted molar refractivity (Wildman–Crippen MR) is 79.2 cm³/mol. The molecule has 0 aromatic heterocycles. The molecule has 1 atom stereocenters. The average molecular weight is 238 g/mol. The summed E-state index contributed by atoms with van der Waals surface area (Å²) in [7, 11) is 0. The Hall–Kier alpha value is -0.430. The maximum Gasteiger partial charge on any atom is 0.0280 e. The van der Waals surface area contributed by atoms with Gasteiger partial charge in [-0.2, -0.15) is 12.6 Å². The highest BCUT2D eigenvalue weighted by Crippen LogP contribution is 2.22. The largest absolute Gasteiger partial charge is 0.169 e. The lowest BCUT2D eigenvalue weighted by Crippen LogP contribution is -2.10. The van der Waals surface area contributed by atoms with E-state index in [0.29, 0.717) is 0 Å². The van der Waals surface area contributed by atoms with Gasteiger partial charge in [0.1, 0.15) is 0 Å². The molecule has 0 saturated heterocycles. The minimum absolute atomic E-state index is 0.0311. The molecule has 0 rings (SSSR count). The molecule has 0 spiro atoms. The van der Waals surface area contributed by atoms with Gasteiger partial charge in [-0.05, 0) is 53.4 Å². The second-order valence-electron chi connectivity index (χ2n) is 4.97. The van der Waals surface area contributed by atoms with Crippen molar-refractivity contribution in [3.63, 3.8) is 0 Å². The van der Waals surface area contributed by atoms with E-state index in [4.69, 9.17) is 0 Å². The second kappa shape index (κ2) is 7.78. The van der Waals surface area contributed by atoms with Crippen molar-refractivity contribution in [2.24, 2.45) is 0 Å². The van der Waals surface area contributed by atoms with Gasteiger partial charge in [0.2, 0.25) is 0 Å². The standard InChI is InChI=1S/C15H26S/c1-6-15(5,16)12-8-11-14(4)10-7-9-13(2)3/h6,9,11,16H,1,7-8,10,12H2,2-5H3/b14-11+. The Balaban J connectivity index is 3.88. The average Bonchev–Trinajstić information content (AvgIpc) is 2.17. The minimum atomic E-state index is -0.0311. The Bertz CT molecular complexity index is 265. The van der Waals surface area contributed by atoms with E-state index in [1.165, 1.54) is 17.6 Å². The van der Waals surface area contributed by atoms with E-state index in [-0.39, 0.29) is 4.75 Å². The highest BCUT2D eigenvalue weighted by molar-refractivity contribution is 7.82. The van der Waals surface area contributed by atoms with Crippen LogP contribution in [0.1, 0.15) is 53.4 Å². The third-order valence-electron chi connectivity index (χ3n) is 2.67. The summed E-state index contributed by atoms with van der Waals surface area (Å²) in [6, 6.07) is 0. The molecule has 0 nitrogen and oxygen atoms in total. The molecule has 0 radical (unpaired) electrons. The molecule has 0 aliphatic rings. The summed E-state index contributed by atoms with van der Waals surface area (Å²) in [5.41, 5.74) is 2.88. The van der Waals surface area contributed by atoms with Crippen molar-refractivity contribution in [3.05, 3.63) is 36.0 Å². The summed E-state index contributed by atoms with van der Waals surface area (Å²) in [4.78, 5) is 0.